The number of methoxy groups -OCH3 is 2. The molecule has 0 saturated carbocycles. The normalized spacial score (nSPS) is 18.5. The molecular weight excluding hydrogens is 290 g/mol. The molecule has 1 aromatic rings. The second-order valence-electron chi connectivity index (χ2n) is 5.58. The first-order valence-corrected chi connectivity index (χ1v) is 7.76. The molecule has 1 aromatic carbocycles. The molecule has 1 heterocycles. The average molecular weight is 314 g/mol. The van der Waals surface area contributed by atoms with Crippen molar-refractivity contribution in [2.45, 2.75) is 25.8 Å². The van der Waals surface area contributed by atoms with Crippen LogP contribution in [0.25, 0.3) is 0 Å². The van der Waals surface area contributed by atoms with E-state index in [1.807, 2.05) is 6.07 Å². The molecule has 1 aliphatic heterocycles. The van der Waals surface area contributed by atoms with Gasteiger partial charge in [0.1, 0.15) is 0 Å². The van der Waals surface area contributed by atoms with Crippen LogP contribution in [0.2, 0.25) is 5.02 Å². The molecule has 118 valence electrons. The third kappa shape index (κ3) is 3.44. The largest absolute Gasteiger partial charge is 0.493 e. The van der Waals surface area contributed by atoms with Gasteiger partial charge in [0.15, 0.2) is 11.5 Å². The average Bonchev–Trinajstić information content (AvgIpc) is 3.02. The van der Waals surface area contributed by atoms with E-state index in [0.717, 1.165) is 18.7 Å². The topological polar surface area (TPSA) is 41.9 Å². The van der Waals surface area contributed by atoms with Crippen molar-refractivity contribution >= 4 is 11.6 Å². The summed E-state index contributed by atoms with van der Waals surface area (Å²) < 4.78 is 10.7. The van der Waals surface area contributed by atoms with E-state index in [2.05, 4.69) is 11.8 Å². The van der Waals surface area contributed by atoms with Crippen molar-refractivity contribution in [3.05, 3.63) is 22.7 Å². The third-order valence-electron chi connectivity index (χ3n) is 4.18. The van der Waals surface area contributed by atoms with Gasteiger partial charge in [-0.15, -0.1) is 0 Å². The fourth-order valence-corrected chi connectivity index (χ4v) is 3.34. The predicted octanol–water partition coefficient (Wildman–Crippen LogP) is 3.12. The lowest BCUT2D eigenvalue weighted by atomic mass is 9.93. The van der Waals surface area contributed by atoms with Crippen LogP contribution in [0.15, 0.2) is 12.1 Å². The number of halogens is 1. The molecule has 0 bridgehead atoms. The molecule has 2 rings (SSSR count). The van der Waals surface area contributed by atoms with E-state index in [1.54, 1.807) is 20.3 Å². The summed E-state index contributed by atoms with van der Waals surface area (Å²) in [5, 5.41) is 10.3. The van der Waals surface area contributed by atoms with Gasteiger partial charge in [-0.05, 0) is 43.5 Å². The Bertz CT molecular complexity index is 475. The zero-order valence-corrected chi connectivity index (χ0v) is 13.7. The SMILES string of the molecule is COc1cc(Cl)c(C(C(C)CO)N2CCCC2)cc1OC. The van der Waals surface area contributed by atoms with Gasteiger partial charge in [0.25, 0.3) is 0 Å². The minimum atomic E-state index is 0.102. The van der Waals surface area contributed by atoms with Crippen molar-refractivity contribution in [1.82, 2.24) is 4.90 Å². The fourth-order valence-electron chi connectivity index (χ4n) is 3.08. The van der Waals surface area contributed by atoms with Gasteiger partial charge in [0, 0.05) is 23.7 Å². The lowest BCUT2D eigenvalue weighted by molar-refractivity contribution is 0.126. The summed E-state index contributed by atoms with van der Waals surface area (Å²) >= 11 is 6.47. The van der Waals surface area contributed by atoms with Crippen LogP contribution in [0.3, 0.4) is 0 Å². The molecular formula is C16H24ClNO3. The number of hydrogen-bond acceptors (Lipinski definition) is 4. The maximum Gasteiger partial charge on any atom is 0.162 e. The number of benzene rings is 1. The molecule has 0 radical (unpaired) electrons. The summed E-state index contributed by atoms with van der Waals surface area (Å²) in [7, 11) is 3.22. The molecule has 0 amide bonds. The molecule has 4 nitrogen and oxygen atoms in total. The Balaban J connectivity index is 2.43. The van der Waals surface area contributed by atoms with Crippen LogP contribution in [0.4, 0.5) is 0 Å². The van der Waals surface area contributed by atoms with Crippen LogP contribution in [0.5, 0.6) is 11.5 Å². The molecule has 2 atom stereocenters. The smallest absolute Gasteiger partial charge is 0.162 e. The van der Waals surface area contributed by atoms with Gasteiger partial charge in [-0.3, -0.25) is 4.90 Å². The quantitative estimate of drug-likeness (QED) is 0.876. The third-order valence-corrected chi connectivity index (χ3v) is 4.51. The lowest BCUT2D eigenvalue weighted by Crippen LogP contribution is -2.32. The highest BCUT2D eigenvalue weighted by molar-refractivity contribution is 6.31. The van der Waals surface area contributed by atoms with Gasteiger partial charge in [0.05, 0.1) is 14.2 Å². The minimum absolute atomic E-state index is 0.102. The van der Waals surface area contributed by atoms with Crippen LogP contribution >= 0.6 is 11.6 Å². The standard InChI is InChI=1S/C16H24ClNO3/c1-11(10-19)16(18-6-4-5-7-18)12-8-14(20-2)15(21-3)9-13(12)17/h8-9,11,16,19H,4-7,10H2,1-3H3. The first kappa shape index (κ1) is 16.4. The van der Waals surface area contributed by atoms with Crippen molar-refractivity contribution in [1.29, 1.82) is 0 Å². The Labute approximate surface area is 131 Å². The zero-order valence-electron chi connectivity index (χ0n) is 12.9. The van der Waals surface area contributed by atoms with E-state index in [0.29, 0.717) is 16.5 Å². The maximum absolute atomic E-state index is 9.62. The highest BCUT2D eigenvalue weighted by Gasteiger charge is 2.30. The summed E-state index contributed by atoms with van der Waals surface area (Å²) in [5.41, 5.74) is 0.998. The number of aliphatic hydroxyl groups is 1. The van der Waals surface area contributed by atoms with Crippen molar-refractivity contribution in [3.63, 3.8) is 0 Å². The van der Waals surface area contributed by atoms with E-state index in [-0.39, 0.29) is 18.6 Å². The summed E-state index contributed by atoms with van der Waals surface area (Å²) in [6.45, 7) is 4.27. The molecule has 0 aliphatic carbocycles. The van der Waals surface area contributed by atoms with Gasteiger partial charge in [-0.2, -0.15) is 0 Å². The van der Waals surface area contributed by atoms with E-state index in [9.17, 15) is 5.11 Å². The molecule has 0 spiro atoms. The first-order chi connectivity index (χ1) is 10.1. The fraction of sp³-hybridized carbons (Fsp3) is 0.625. The van der Waals surface area contributed by atoms with Crippen LogP contribution in [0, 0.1) is 5.92 Å². The molecule has 1 fully saturated rings. The number of hydrogen-bond donors (Lipinski definition) is 1. The van der Waals surface area contributed by atoms with Gasteiger partial charge in [-0.25, -0.2) is 0 Å². The van der Waals surface area contributed by atoms with Gasteiger partial charge >= 0.3 is 0 Å². The van der Waals surface area contributed by atoms with Crippen molar-refractivity contribution in [2.75, 3.05) is 33.9 Å². The number of rotatable bonds is 6. The Kier molecular flexibility index (Phi) is 5.73. The molecule has 1 saturated heterocycles. The molecule has 1 N–H and O–H groups in total. The monoisotopic (exact) mass is 313 g/mol. The first-order valence-electron chi connectivity index (χ1n) is 7.38. The van der Waals surface area contributed by atoms with Gasteiger partial charge < -0.3 is 14.6 Å². The predicted molar refractivity (Wildman–Crippen MR) is 84.4 cm³/mol. The Morgan fingerprint density at radius 2 is 1.76 bits per heavy atom. The van der Waals surface area contributed by atoms with E-state index in [4.69, 9.17) is 21.1 Å². The van der Waals surface area contributed by atoms with Gasteiger partial charge in [-0.1, -0.05) is 18.5 Å². The number of aliphatic hydroxyl groups excluding tert-OH is 1. The Hall–Kier alpha value is -0.970. The number of nitrogens with zero attached hydrogens (tertiary/aromatic N) is 1. The second-order valence-corrected chi connectivity index (χ2v) is 5.98. The highest BCUT2D eigenvalue weighted by Crippen LogP contribution is 2.41. The molecule has 21 heavy (non-hydrogen) atoms. The van der Waals surface area contributed by atoms with Crippen molar-refractivity contribution in [2.24, 2.45) is 5.92 Å². The summed E-state index contributed by atoms with van der Waals surface area (Å²) in [5.74, 6) is 1.41. The lowest BCUT2D eigenvalue weighted by Gasteiger charge is -2.33. The van der Waals surface area contributed by atoms with Crippen LogP contribution < -0.4 is 9.47 Å². The summed E-state index contributed by atoms with van der Waals surface area (Å²) in [6, 6.07) is 3.84. The zero-order chi connectivity index (χ0) is 15.4. The van der Waals surface area contributed by atoms with Crippen LogP contribution in [-0.2, 0) is 0 Å². The number of likely N-dealkylation sites (tertiary alicyclic amines) is 1. The van der Waals surface area contributed by atoms with E-state index >= 15 is 0 Å². The van der Waals surface area contributed by atoms with E-state index < -0.39 is 0 Å². The highest BCUT2D eigenvalue weighted by atomic mass is 35.5. The van der Waals surface area contributed by atoms with E-state index in [1.165, 1.54) is 12.8 Å². The van der Waals surface area contributed by atoms with Crippen molar-refractivity contribution in [3.8, 4) is 11.5 Å². The number of ether oxygens (including phenoxy) is 2. The van der Waals surface area contributed by atoms with Crippen molar-refractivity contribution < 1.29 is 14.6 Å². The molecule has 0 aromatic heterocycles. The maximum atomic E-state index is 9.62. The summed E-state index contributed by atoms with van der Waals surface area (Å²) in [6.07, 6.45) is 2.39. The molecule has 5 heteroatoms. The minimum Gasteiger partial charge on any atom is -0.493 e. The summed E-state index contributed by atoms with van der Waals surface area (Å²) in [4.78, 5) is 2.40. The van der Waals surface area contributed by atoms with Crippen LogP contribution in [0.1, 0.15) is 31.4 Å². The Morgan fingerprint density at radius 3 is 2.29 bits per heavy atom. The molecule has 2 unspecified atom stereocenters. The second kappa shape index (κ2) is 7.34. The van der Waals surface area contributed by atoms with Crippen LogP contribution in [-0.4, -0.2) is 43.9 Å². The van der Waals surface area contributed by atoms with Gasteiger partial charge in [0.2, 0.25) is 0 Å². The molecule has 1 aliphatic rings. The Morgan fingerprint density at radius 1 is 1.19 bits per heavy atom.